The van der Waals surface area contributed by atoms with E-state index in [1.165, 1.54) is 6.33 Å². The largest absolute Gasteiger partial charge is 0.480 e. The first-order valence-electron chi connectivity index (χ1n) is 11.0. The number of aromatic amines is 1. The maximum atomic E-state index is 13.1. The van der Waals surface area contributed by atoms with Gasteiger partial charge in [0.25, 0.3) is 0 Å². The average molecular weight is 482 g/mol. The van der Waals surface area contributed by atoms with Crippen molar-refractivity contribution in [2.75, 3.05) is 0 Å². The zero-order valence-corrected chi connectivity index (χ0v) is 19.8. The number of hydrogen-bond donors (Lipinski definition) is 7. The van der Waals surface area contributed by atoms with Gasteiger partial charge < -0.3 is 37.5 Å². The van der Waals surface area contributed by atoms with Gasteiger partial charge in [-0.05, 0) is 11.8 Å². The lowest BCUT2D eigenvalue weighted by Gasteiger charge is -2.29. The van der Waals surface area contributed by atoms with Crippen LogP contribution in [-0.2, 0) is 30.4 Å². The van der Waals surface area contributed by atoms with E-state index in [4.69, 9.17) is 11.5 Å². The number of H-pyrrole nitrogens is 1. The summed E-state index contributed by atoms with van der Waals surface area (Å²) in [6.07, 6.45) is 3.14. The summed E-state index contributed by atoms with van der Waals surface area (Å²) in [4.78, 5) is 67.6. The first kappa shape index (κ1) is 28.6. The highest BCUT2D eigenvalue weighted by Gasteiger charge is 2.34. The summed E-state index contributed by atoms with van der Waals surface area (Å²) in [6, 6.07) is -4.58. The van der Waals surface area contributed by atoms with Crippen molar-refractivity contribution in [3.8, 4) is 0 Å². The summed E-state index contributed by atoms with van der Waals surface area (Å²) in [5.74, 6) is -5.01. The lowest BCUT2D eigenvalue weighted by atomic mass is 9.96. The molecular weight excluding hydrogens is 446 g/mol. The van der Waals surface area contributed by atoms with Crippen LogP contribution >= 0.6 is 0 Å². The molecule has 1 rings (SSSR count). The van der Waals surface area contributed by atoms with E-state index in [-0.39, 0.29) is 12.3 Å². The smallest absolute Gasteiger partial charge is 0.326 e. The van der Waals surface area contributed by atoms with Crippen molar-refractivity contribution in [1.29, 1.82) is 0 Å². The van der Waals surface area contributed by atoms with Crippen LogP contribution in [0, 0.1) is 11.8 Å². The van der Waals surface area contributed by atoms with Crippen LogP contribution < -0.4 is 27.4 Å². The number of carboxylic acids is 1. The molecular formula is C21H35N7O6. The highest BCUT2D eigenvalue weighted by Crippen LogP contribution is 2.11. The molecule has 13 nitrogen and oxygen atoms in total. The predicted octanol–water partition coefficient (Wildman–Crippen LogP) is -1.60. The molecule has 1 aromatic heterocycles. The number of nitrogens with zero attached hydrogens (tertiary/aromatic N) is 1. The molecule has 0 bridgehead atoms. The highest BCUT2D eigenvalue weighted by molar-refractivity contribution is 5.95. The molecule has 0 aliphatic rings. The third-order valence-electron chi connectivity index (χ3n) is 5.39. The Balaban J connectivity index is 2.94. The van der Waals surface area contributed by atoms with Crippen molar-refractivity contribution < 1.29 is 29.1 Å². The van der Waals surface area contributed by atoms with Gasteiger partial charge in [-0.1, -0.05) is 34.1 Å². The van der Waals surface area contributed by atoms with E-state index in [2.05, 4.69) is 25.9 Å². The van der Waals surface area contributed by atoms with Gasteiger partial charge in [0, 0.05) is 18.3 Å². The van der Waals surface area contributed by atoms with Crippen LogP contribution in [0.25, 0.3) is 0 Å². The fourth-order valence-electron chi connectivity index (χ4n) is 3.13. The average Bonchev–Trinajstić information content (AvgIpc) is 3.26. The van der Waals surface area contributed by atoms with E-state index in [9.17, 15) is 29.1 Å². The van der Waals surface area contributed by atoms with E-state index >= 15 is 0 Å². The minimum atomic E-state index is -1.53. The van der Waals surface area contributed by atoms with Crippen molar-refractivity contribution in [3.63, 3.8) is 0 Å². The molecule has 9 N–H and O–H groups in total. The van der Waals surface area contributed by atoms with Gasteiger partial charge >= 0.3 is 5.97 Å². The molecule has 0 spiro atoms. The second-order valence-electron chi connectivity index (χ2n) is 8.56. The summed E-state index contributed by atoms with van der Waals surface area (Å²) >= 11 is 0. The maximum Gasteiger partial charge on any atom is 0.326 e. The van der Waals surface area contributed by atoms with Crippen LogP contribution in [0.3, 0.4) is 0 Å². The molecule has 13 heteroatoms. The molecule has 1 aromatic rings. The van der Waals surface area contributed by atoms with Gasteiger partial charge in [0.2, 0.25) is 23.6 Å². The molecule has 5 atom stereocenters. The summed E-state index contributed by atoms with van der Waals surface area (Å²) < 4.78 is 0. The monoisotopic (exact) mass is 481 g/mol. The minimum absolute atomic E-state index is 0.189. The van der Waals surface area contributed by atoms with Gasteiger partial charge in [0.1, 0.15) is 18.1 Å². The molecule has 1 heterocycles. The third kappa shape index (κ3) is 8.81. The quantitative estimate of drug-likeness (QED) is 0.163. The van der Waals surface area contributed by atoms with Crippen molar-refractivity contribution in [2.24, 2.45) is 23.3 Å². The van der Waals surface area contributed by atoms with Crippen LogP contribution in [-0.4, -0.2) is 68.8 Å². The number of carbonyl (C=O) groups excluding carboxylic acids is 4. The van der Waals surface area contributed by atoms with Crippen molar-refractivity contribution in [3.05, 3.63) is 18.2 Å². The van der Waals surface area contributed by atoms with E-state index in [1.807, 2.05) is 6.92 Å². The Morgan fingerprint density at radius 1 is 1.03 bits per heavy atom. The number of carbonyl (C=O) groups is 5. The Hall–Kier alpha value is -3.48. The number of amides is 4. The van der Waals surface area contributed by atoms with Crippen LogP contribution in [0.2, 0.25) is 0 Å². The molecule has 4 amide bonds. The standard InChI is InChI=1S/C21H35N7O6/c1-5-11(4)17(28-18(30)13(22)6-12-8-24-9-25-12)20(32)27-16(10(2)3)19(31)26-14(21(33)34)7-15(23)29/h8-11,13-14,16-17H,5-7,22H2,1-4H3,(H2,23,29)(H,24,25)(H,26,31)(H,27,32)(H,28,30)(H,33,34). The Kier molecular flexibility index (Phi) is 11.2. The van der Waals surface area contributed by atoms with Crippen molar-refractivity contribution in [1.82, 2.24) is 25.9 Å². The number of aliphatic carboxylic acids is 1. The normalized spacial score (nSPS) is 15.5. The lowest BCUT2D eigenvalue weighted by molar-refractivity contribution is -0.144. The molecule has 0 aliphatic heterocycles. The number of primary amides is 1. The zero-order valence-electron chi connectivity index (χ0n) is 19.8. The van der Waals surface area contributed by atoms with Crippen LogP contribution in [0.5, 0.6) is 0 Å². The van der Waals surface area contributed by atoms with Crippen molar-refractivity contribution >= 4 is 29.6 Å². The molecule has 0 saturated heterocycles. The summed E-state index contributed by atoms with van der Waals surface area (Å²) in [7, 11) is 0. The lowest BCUT2D eigenvalue weighted by Crippen LogP contribution is -2.60. The van der Waals surface area contributed by atoms with E-state index in [0.717, 1.165) is 0 Å². The Bertz CT molecular complexity index is 858. The Morgan fingerprint density at radius 2 is 1.62 bits per heavy atom. The summed E-state index contributed by atoms with van der Waals surface area (Å²) in [5.41, 5.74) is 11.7. The molecule has 190 valence electrons. The third-order valence-corrected chi connectivity index (χ3v) is 5.39. The second-order valence-corrected chi connectivity index (χ2v) is 8.56. The molecule has 34 heavy (non-hydrogen) atoms. The minimum Gasteiger partial charge on any atom is -0.480 e. The molecule has 0 radical (unpaired) electrons. The number of nitrogens with one attached hydrogen (secondary N) is 4. The molecule has 0 aliphatic carbocycles. The maximum absolute atomic E-state index is 13.1. The molecule has 0 saturated carbocycles. The topological polar surface area (TPSA) is 222 Å². The van der Waals surface area contributed by atoms with Gasteiger partial charge in [0.15, 0.2) is 0 Å². The van der Waals surface area contributed by atoms with Gasteiger partial charge in [-0.15, -0.1) is 0 Å². The number of carboxylic acid groups (broad SMARTS) is 1. The van der Waals surface area contributed by atoms with E-state index in [0.29, 0.717) is 12.1 Å². The molecule has 5 unspecified atom stereocenters. The highest BCUT2D eigenvalue weighted by atomic mass is 16.4. The first-order valence-corrected chi connectivity index (χ1v) is 11.0. The number of nitrogens with two attached hydrogens (primary N) is 2. The van der Waals surface area contributed by atoms with Gasteiger partial charge in [-0.25, -0.2) is 9.78 Å². The predicted molar refractivity (Wildman–Crippen MR) is 122 cm³/mol. The summed E-state index contributed by atoms with van der Waals surface area (Å²) in [6.45, 7) is 6.93. The van der Waals surface area contributed by atoms with Gasteiger partial charge in [0.05, 0.1) is 18.8 Å². The SMILES string of the molecule is CCC(C)C(NC(=O)C(N)Cc1cnc[nH]1)C(=O)NC(C(=O)NC(CC(N)=O)C(=O)O)C(C)C. The number of imidazole rings is 1. The first-order chi connectivity index (χ1) is 15.9. The summed E-state index contributed by atoms with van der Waals surface area (Å²) in [5, 5.41) is 16.7. The van der Waals surface area contributed by atoms with Gasteiger partial charge in [-0.3, -0.25) is 19.2 Å². The van der Waals surface area contributed by atoms with Crippen LogP contribution in [0.4, 0.5) is 0 Å². The van der Waals surface area contributed by atoms with E-state index < -0.39 is 66.1 Å². The second kappa shape index (κ2) is 13.3. The van der Waals surface area contributed by atoms with Crippen LogP contribution in [0.15, 0.2) is 12.5 Å². The fourth-order valence-corrected chi connectivity index (χ4v) is 3.13. The number of hydrogen-bond acceptors (Lipinski definition) is 7. The van der Waals surface area contributed by atoms with Crippen molar-refractivity contribution in [2.45, 2.75) is 71.1 Å². The molecule has 0 aromatic carbocycles. The Labute approximate surface area is 197 Å². The fraction of sp³-hybridized carbons (Fsp3) is 0.619. The number of rotatable bonds is 14. The molecule has 0 fully saturated rings. The Morgan fingerprint density at radius 3 is 2.09 bits per heavy atom. The van der Waals surface area contributed by atoms with Gasteiger partial charge in [-0.2, -0.15) is 0 Å². The zero-order chi connectivity index (χ0) is 26.0. The van der Waals surface area contributed by atoms with Crippen LogP contribution in [0.1, 0.15) is 46.2 Å². The van der Waals surface area contributed by atoms with E-state index in [1.54, 1.807) is 27.0 Å². The number of aromatic nitrogens is 2.